The van der Waals surface area contributed by atoms with Crippen LogP contribution in [0.1, 0.15) is 10.4 Å². The minimum Gasteiger partial charge on any atom is -0.378 e. The first-order valence-electron chi connectivity index (χ1n) is 13.8. The third-order valence-corrected chi connectivity index (χ3v) is 6.99. The van der Waals surface area contributed by atoms with Crippen LogP contribution in [0.15, 0.2) is 73.4 Å². The second-order valence-electron chi connectivity index (χ2n) is 10.2. The van der Waals surface area contributed by atoms with Crippen LogP contribution in [0.25, 0.3) is 33.5 Å². The Morgan fingerprint density at radius 3 is 2.34 bits per heavy atom. The lowest BCUT2D eigenvalue weighted by Gasteiger charge is -2.28. The molecule has 3 aromatic heterocycles. The van der Waals surface area contributed by atoms with Gasteiger partial charge < -0.3 is 25.2 Å². The van der Waals surface area contributed by atoms with Crippen molar-refractivity contribution in [3.8, 4) is 22.5 Å². The van der Waals surface area contributed by atoms with E-state index in [-0.39, 0.29) is 17.2 Å². The van der Waals surface area contributed by atoms with E-state index < -0.39 is 11.8 Å². The molecule has 1 saturated heterocycles. The predicted molar refractivity (Wildman–Crippen MR) is 164 cm³/mol. The molecule has 44 heavy (non-hydrogen) atoms. The van der Waals surface area contributed by atoms with Crippen molar-refractivity contribution in [1.29, 1.82) is 0 Å². The van der Waals surface area contributed by atoms with E-state index in [1.54, 1.807) is 57.0 Å². The van der Waals surface area contributed by atoms with Crippen LogP contribution in [0, 0.1) is 5.82 Å². The number of pyridine rings is 1. The SMILES string of the molecule is CN(C)C(=O)c1ccc(NC(=O)Nc2ccc(-c3nc(N4CCOCC4)c4ncc(-c5cncnc5)cc4n3)cc2)c(F)c1. The largest absolute Gasteiger partial charge is 0.378 e. The van der Waals surface area contributed by atoms with Gasteiger partial charge in [0.15, 0.2) is 11.6 Å². The first-order valence-corrected chi connectivity index (χ1v) is 13.8. The maximum Gasteiger partial charge on any atom is 0.323 e. The Kier molecular flexibility index (Phi) is 8.02. The van der Waals surface area contributed by atoms with Crippen LogP contribution in [-0.2, 0) is 4.74 Å². The first kappa shape index (κ1) is 28.6. The van der Waals surface area contributed by atoms with Gasteiger partial charge in [0.2, 0.25) is 0 Å². The highest BCUT2D eigenvalue weighted by molar-refractivity contribution is 6.01. The maximum absolute atomic E-state index is 14.6. The van der Waals surface area contributed by atoms with E-state index in [2.05, 4.69) is 25.5 Å². The highest BCUT2D eigenvalue weighted by Gasteiger charge is 2.20. The summed E-state index contributed by atoms with van der Waals surface area (Å²) < 4.78 is 20.1. The van der Waals surface area contributed by atoms with E-state index in [0.29, 0.717) is 54.7 Å². The Morgan fingerprint density at radius 1 is 0.886 bits per heavy atom. The number of carbonyl (C=O) groups excluding carboxylic acids is 2. The molecule has 5 aromatic rings. The van der Waals surface area contributed by atoms with Crippen molar-refractivity contribution >= 4 is 40.2 Å². The Labute approximate surface area is 252 Å². The average Bonchev–Trinajstić information content (AvgIpc) is 3.05. The van der Waals surface area contributed by atoms with Crippen molar-refractivity contribution in [3.05, 3.63) is 84.8 Å². The molecule has 0 spiro atoms. The second kappa shape index (κ2) is 12.4. The molecule has 2 aromatic carbocycles. The van der Waals surface area contributed by atoms with Gasteiger partial charge in [0, 0.05) is 73.7 Å². The summed E-state index contributed by atoms with van der Waals surface area (Å²) in [5.41, 5.74) is 4.34. The van der Waals surface area contributed by atoms with Gasteiger partial charge >= 0.3 is 6.03 Å². The maximum atomic E-state index is 14.6. The predicted octanol–water partition coefficient (Wildman–Crippen LogP) is 4.47. The van der Waals surface area contributed by atoms with E-state index in [9.17, 15) is 14.0 Å². The van der Waals surface area contributed by atoms with Crippen molar-refractivity contribution in [2.24, 2.45) is 0 Å². The zero-order chi connectivity index (χ0) is 30.6. The molecule has 0 saturated carbocycles. The number of hydrogen-bond acceptors (Lipinski definition) is 9. The molecule has 1 fully saturated rings. The molecular formula is C31H28FN9O3. The van der Waals surface area contributed by atoms with Gasteiger partial charge in [-0.3, -0.25) is 9.78 Å². The van der Waals surface area contributed by atoms with E-state index in [1.165, 1.54) is 23.4 Å². The molecular weight excluding hydrogens is 565 g/mol. The number of morpholine rings is 1. The van der Waals surface area contributed by atoms with E-state index >= 15 is 0 Å². The second-order valence-corrected chi connectivity index (χ2v) is 10.2. The Morgan fingerprint density at radius 2 is 1.64 bits per heavy atom. The van der Waals surface area contributed by atoms with Crippen molar-refractivity contribution in [3.63, 3.8) is 0 Å². The number of nitrogens with one attached hydrogen (secondary N) is 2. The lowest BCUT2D eigenvalue weighted by atomic mass is 10.1. The highest BCUT2D eigenvalue weighted by atomic mass is 19.1. The van der Waals surface area contributed by atoms with Gasteiger partial charge in [-0.15, -0.1) is 0 Å². The summed E-state index contributed by atoms with van der Waals surface area (Å²) in [5.74, 6) is 0.152. The molecule has 2 N–H and O–H groups in total. The molecule has 0 unspecified atom stereocenters. The van der Waals surface area contributed by atoms with Crippen LogP contribution in [-0.4, -0.2) is 82.2 Å². The Bertz CT molecular complexity index is 1830. The summed E-state index contributed by atoms with van der Waals surface area (Å²) in [6.07, 6.45) is 6.68. The van der Waals surface area contributed by atoms with Gasteiger partial charge in [-0.05, 0) is 48.5 Å². The summed E-state index contributed by atoms with van der Waals surface area (Å²) >= 11 is 0. The zero-order valence-corrected chi connectivity index (χ0v) is 24.0. The van der Waals surface area contributed by atoms with Crippen LogP contribution in [0.4, 0.5) is 26.4 Å². The monoisotopic (exact) mass is 593 g/mol. The minimum atomic E-state index is -0.717. The smallest absolute Gasteiger partial charge is 0.323 e. The number of benzene rings is 2. The van der Waals surface area contributed by atoms with Crippen LogP contribution in [0.2, 0.25) is 0 Å². The lowest BCUT2D eigenvalue weighted by molar-refractivity contribution is 0.0827. The number of nitrogens with zero attached hydrogens (tertiary/aromatic N) is 7. The third-order valence-electron chi connectivity index (χ3n) is 6.99. The van der Waals surface area contributed by atoms with Gasteiger partial charge in [0.1, 0.15) is 17.7 Å². The van der Waals surface area contributed by atoms with E-state index in [4.69, 9.17) is 19.7 Å². The zero-order valence-electron chi connectivity index (χ0n) is 24.0. The molecule has 4 heterocycles. The molecule has 12 nitrogen and oxygen atoms in total. The molecule has 0 aliphatic carbocycles. The van der Waals surface area contributed by atoms with Crippen molar-refractivity contribution < 1.29 is 18.7 Å². The number of fused-ring (bicyclic) bond motifs is 1. The fourth-order valence-corrected chi connectivity index (χ4v) is 4.73. The molecule has 0 atom stereocenters. The number of halogens is 1. The standard InChI is InChI=1S/C31H28FN9O3/c1-40(2)30(42)20-5-8-25(24(32)13-20)38-31(43)36-23-6-3-19(4-7-23)28-37-26-14-21(22-15-33-18-34-16-22)17-35-27(26)29(39-28)41-9-11-44-12-10-41/h3-8,13-18H,9-12H2,1-2H3,(H2,36,38,43). The molecule has 1 aliphatic heterocycles. The molecule has 6 rings (SSSR count). The summed E-state index contributed by atoms with van der Waals surface area (Å²) in [6.45, 7) is 2.53. The van der Waals surface area contributed by atoms with Crippen LogP contribution < -0.4 is 15.5 Å². The van der Waals surface area contributed by atoms with Gasteiger partial charge in [0.25, 0.3) is 5.91 Å². The minimum absolute atomic E-state index is 0.0512. The fourth-order valence-electron chi connectivity index (χ4n) is 4.73. The highest BCUT2D eigenvalue weighted by Crippen LogP contribution is 2.30. The number of anilines is 3. The number of urea groups is 1. The molecule has 3 amide bonds. The fraction of sp³-hybridized carbons (Fsp3) is 0.194. The van der Waals surface area contributed by atoms with Gasteiger partial charge in [-0.1, -0.05) is 0 Å². The van der Waals surface area contributed by atoms with E-state index in [1.807, 2.05) is 6.07 Å². The third kappa shape index (κ3) is 6.13. The summed E-state index contributed by atoms with van der Waals surface area (Å²) in [6, 6.07) is 12.2. The van der Waals surface area contributed by atoms with Crippen LogP contribution in [0.3, 0.4) is 0 Å². The van der Waals surface area contributed by atoms with Crippen LogP contribution >= 0.6 is 0 Å². The molecule has 0 radical (unpaired) electrons. The van der Waals surface area contributed by atoms with Crippen molar-refractivity contribution in [2.75, 3.05) is 55.9 Å². The van der Waals surface area contributed by atoms with Crippen molar-refractivity contribution in [2.45, 2.75) is 0 Å². The summed E-state index contributed by atoms with van der Waals surface area (Å²) in [5, 5.41) is 5.17. The number of aromatic nitrogens is 5. The normalized spacial score (nSPS) is 13.0. The van der Waals surface area contributed by atoms with Gasteiger partial charge in [-0.25, -0.2) is 29.1 Å². The first-order chi connectivity index (χ1) is 21.4. The van der Waals surface area contributed by atoms with Gasteiger partial charge in [-0.2, -0.15) is 0 Å². The Balaban J connectivity index is 1.24. The number of rotatable bonds is 6. The molecule has 1 aliphatic rings. The quantitative estimate of drug-likeness (QED) is 0.292. The topological polar surface area (TPSA) is 138 Å². The number of carbonyl (C=O) groups is 2. The summed E-state index contributed by atoms with van der Waals surface area (Å²) in [4.78, 5) is 50.8. The van der Waals surface area contributed by atoms with Gasteiger partial charge in [0.05, 0.1) is 24.4 Å². The molecule has 13 heteroatoms. The lowest BCUT2D eigenvalue weighted by Crippen LogP contribution is -2.37. The molecule has 222 valence electrons. The number of ether oxygens (including phenoxy) is 1. The van der Waals surface area contributed by atoms with Crippen LogP contribution in [0.5, 0.6) is 0 Å². The number of amides is 3. The molecule has 0 bridgehead atoms. The van der Waals surface area contributed by atoms with Crippen molar-refractivity contribution in [1.82, 2.24) is 29.8 Å². The average molecular weight is 594 g/mol. The Hall–Kier alpha value is -5.56. The van der Waals surface area contributed by atoms with E-state index in [0.717, 1.165) is 22.8 Å². The number of hydrogen-bond donors (Lipinski definition) is 2. The summed E-state index contributed by atoms with van der Waals surface area (Å²) in [7, 11) is 3.16.